The van der Waals surface area contributed by atoms with Crippen LogP contribution >= 0.6 is 0 Å². The second-order valence-corrected chi connectivity index (χ2v) is 5.87. The lowest BCUT2D eigenvalue weighted by Crippen LogP contribution is -2.40. The van der Waals surface area contributed by atoms with Gasteiger partial charge in [-0.05, 0) is 36.5 Å². The number of carbonyl (C=O) groups is 2. The van der Waals surface area contributed by atoms with Crippen LogP contribution in [0.3, 0.4) is 0 Å². The van der Waals surface area contributed by atoms with Gasteiger partial charge in [0.2, 0.25) is 0 Å². The molecule has 5 nitrogen and oxygen atoms in total. The Balaban J connectivity index is 1.63. The number of amides is 2. The van der Waals surface area contributed by atoms with Gasteiger partial charge >= 0.3 is 12.0 Å². The molecule has 0 radical (unpaired) electrons. The maximum Gasteiger partial charge on any atom is 0.335 e. The van der Waals surface area contributed by atoms with Crippen LogP contribution in [0.15, 0.2) is 18.2 Å². The highest BCUT2D eigenvalue weighted by atomic mass is 16.4. The van der Waals surface area contributed by atoms with Crippen LogP contribution in [0.25, 0.3) is 0 Å². The van der Waals surface area contributed by atoms with Crippen LogP contribution in [-0.4, -0.2) is 30.2 Å². The van der Waals surface area contributed by atoms with Gasteiger partial charge in [-0.3, -0.25) is 4.90 Å². The third-order valence-electron chi connectivity index (χ3n) is 4.53. The number of carboxylic acids is 1. The number of benzene rings is 1. The van der Waals surface area contributed by atoms with Gasteiger partial charge in [-0.1, -0.05) is 25.3 Å². The van der Waals surface area contributed by atoms with Gasteiger partial charge in [0.05, 0.1) is 5.56 Å². The molecule has 21 heavy (non-hydrogen) atoms. The van der Waals surface area contributed by atoms with E-state index in [0.29, 0.717) is 13.1 Å². The van der Waals surface area contributed by atoms with E-state index >= 15 is 0 Å². The molecule has 0 bridgehead atoms. The Morgan fingerprint density at radius 2 is 2.14 bits per heavy atom. The van der Waals surface area contributed by atoms with E-state index in [1.807, 2.05) is 0 Å². The maximum absolute atomic E-state index is 12.2. The van der Waals surface area contributed by atoms with E-state index in [0.717, 1.165) is 30.0 Å². The summed E-state index contributed by atoms with van der Waals surface area (Å²) in [7, 11) is 0. The number of anilines is 1. The molecule has 0 atom stereocenters. The zero-order chi connectivity index (χ0) is 14.8. The lowest BCUT2D eigenvalue weighted by atomic mass is 9.83. The summed E-state index contributed by atoms with van der Waals surface area (Å²) in [6.45, 7) is 1.32. The Bertz CT molecular complexity index is 567. The van der Waals surface area contributed by atoms with E-state index in [-0.39, 0.29) is 11.6 Å². The van der Waals surface area contributed by atoms with Gasteiger partial charge in [0.15, 0.2) is 0 Å². The molecule has 0 unspecified atom stereocenters. The van der Waals surface area contributed by atoms with Crippen LogP contribution < -0.4 is 10.2 Å². The molecule has 1 saturated carbocycles. The minimum Gasteiger partial charge on any atom is -0.478 e. The van der Waals surface area contributed by atoms with Gasteiger partial charge in [-0.2, -0.15) is 0 Å². The molecule has 2 aliphatic rings. The topological polar surface area (TPSA) is 69.6 Å². The van der Waals surface area contributed by atoms with Crippen molar-refractivity contribution in [2.45, 2.75) is 32.1 Å². The van der Waals surface area contributed by atoms with Crippen molar-refractivity contribution in [3.8, 4) is 0 Å². The minimum absolute atomic E-state index is 0.115. The van der Waals surface area contributed by atoms with Crippen molar-refractivity contribution in [2.24, 2.45) is 5.92 Å². The number of rotatable bonds is 4. The van der Waals surface area contributed by atoms with Crippen LogP contribution in [-0.2, 0) is 6.42 Å². The fourth-order valence-corrected chi connectivity index (χ4v) is 2.98. The first-order valence-corrected chi connectivity index (χ1v) is 7.57. The summed E-state index contributed by atoms with van der Waals surface area (Å²) in [6, 6.07) is 4.88. The number of urea groups is 1. The van der Waals surface area contributed by atoms with Crippen LogP contribution in [0.1, 0.15) is 41.6 Å². The normalized spacial score (nSPS) is 17.2. The Kier molecular flexibility index (Phi) is 3.82. The van der Waals surface area contributed by atoms with Crippen molar-refractivity contribution < 1.29 is 14.7 Å². The van der Waals surface area contributed by atoms with Crippen molar-refractivity contribution in [1.29, 1.82) is 0 Å². The van der Waals surface area contributed by atoms with E-state index in [4.69, 9.17) is 5.11 Å². The molecular weight excluding hydrogens is 268 g/mol. The Hall–Kier alpha value is -2.04. The fourth-order valence-electron chi connectivity index (χ4n) is 2.98. The average molecular weight is 288 g/mol. The van der Waals surface area contributed by atoms with Gasteiger partial charge in [-0.25, -0.2) is 9.59 Å². The van der Waals surface area contributed by atoms with Gasteiger partial charge < -0.3 is 10.4 Å². The molecule has 3 rings (SSSR count). The third-order valence-corrected chi connectivity index (χ3v) is 4.53. The highest BCUT2D eigenvalue weighted by Crippen LogP contribution is 2.30. The molecule has 2 amide bonds. The number of nitrogens with zero attached hydrogens (tertiary/aromatic N) is 1. The molecule has 1 aromatic rings. The molecular formula is C16H20N2O3. The zero-order valence-electron chi connectivity index (χ0n) is 12.0. The van der Waals surface area contributed by atoms with E-state index in [9.17, 15) is 9.59 Å². The highest BCUT2D eigenvalue weighted by Gasteiger charge is 2.26. The van der Waals surface area contributed by atoms with Crippen LogP contribution in [0.4, 0.5) is 10.5 Å². The molecule has 5 heteroatoms. The first kappa shape index (κ1) is 13.9. The number of carbonyl (C=O) groups excluding carboxylic acids is 1. The standard InChI is InChI=1S/C16H20N2O3/c19-15(20)13-5-4-12-7-9-18(14(12)10-13)16(21)17-8-6-11-2-1-3-11/h4-5,10-11H,1-3,6-9H2,(H,17,21)(H,19,20). The molecule has 0 aromatic heterocycles. The lowest BCUT2D eigenvalue weighted by molar-refractivity contribution is 0.0697. The molecule has 1 aliphatic heterocycles. The smallest absolute Gasteiger partial charge is 0.335 e. The fraction of sp³-hybridized carbons (Fsp3) is 0.500. The quantitative estimate of drug-likeness (QED) is 0.895. The zero-order valence-corrected chi connectivity index (χ0v) is 12.0. The van der Waals surface area contributed by atoms with Crippen molar-refractivity contribution in [3.63, 3.8) is 0 Å². The van der Waals surface area contributed by atoms with E-state index in [1.165, 1.54) is 19.3 Å². The van der Waals surface area contributed by atoms with E-state index < -0.39 is 5.97 Å². The molecule has 1 aliphatic carbocycles. The molecule has 1 fully saturated rings. The molecule has 0 saturated heterocycles. The summed E-state index contributed by atoms with van der Waals surface area (Å²) in [5.41, 5.74) is 1.99. The van der Waals surface area contributed by atoms with E-state index in [2.05, 4.69) is 5.32 Å². The van der Waals surface area contributed by atoms with Crippen molar-refractivity contribution >= 4 is 17.7 Å². The van der Waals surface area contributed by atoms with Gasteiger partial charge in [0.25, 0.3) is 0 Å². The second-order valence-electron chi connectivity index (χ2n) is 5.87. The lowest BCUT2D eigenvalue weighted by Gasteiger charge is -2.26. The van der Waals surface area contributed by atoms with E-state index in [1.54, 1.807) is 23.1 Å². The van der Waals surface area contributed by atoms with Crippen molar-refractivity contribution in [3.05, 3.63) is 29.3 Å². The number of carboxylic acid groups (broad SMARTS) is 1. The number of hydrogen-bond acceptors (Lipinski definition) is 2. The predicted octanol–water partition coefficient (Wildman–Crippen LogP) is 2.65. The molecule has 1 aromatic carbocycles. The Morgan fingerprint density at radius 1 is 1.33 bits per heavy atom. The average Bonchev–Trinajstić information content (AvgIpc) is 2.84. The molecule has 2 N–H and O–H groups in total. The first-order valence-electron chi connectivity index (χ1n) is 7.57. The van der Waals surface area contributed by atoms with Crippen molar-refractivity contribution in [2.75, 3.05) is 18.0 Å². The third kappa shape index (κ3) is 2.86. The predicted molar refractivity (Wildman–Crippen MR) is 79.8 cm³/mol. The number of fused-ring (bicyclic) bond motifs is 1. The molecule has 0 spiro atoms. The van der Waals surface area contributed by atoms with Gasteiger partial charge in [-0.15, -0.1) is 0 Å². The van der Waals surface area contributed by atoms with Crippen LogP contribution in [0.5, 0.6) is 0 Å². The summed E-state index contributed by atoms with van der Waals surface area (Å²) in [6.07, 6.45) is 5.71. The number of hydrogen-bond donors (Lipinski definition) is 2. The summed E-state index contributed by atoms with van der Waals surface area (Å²) < 4.78 is 0. The summed E-state index contributed by atoms with van der Waals surface area (Å²) >= 11 is 0. The Morgan fingerprint density at radius 3 is 2.81 bits per heavy atom. The highest BCUT2D eigenvalue weighted by molar-refractivity contribution is 5.96. The van der Waals surface area contributed by atoms with Gasteiger partial charge in [0, 0.05) is 18.8 Å². The van der Waals surface area contributed by atoms with Crippen LogP contribution in [0, 0.1) is 5.92 Å². The number of aromatic carboxylic acids is 1. The first-order chi connectivity index (χ1) is 10.1. The SMILES string of the molecule is O=C(O)c1ccc2c(c1)N(C(=O)NCCC1CCC1)CC2. The van der Waals surface area contributed by atoms with Gasteiger partial charge in [0.1, 0.15) is 0 Å². The van der Waals surface area contributed by atoms with Crippen LogP contribution in [0.2, 0.25) is 0 Å². The molecule has 112 valence electrons. The number of nitrogens with one attached hydrogen (secondary N) is 1. The van der Waals surface area contributed by atoms with Crippen molar-refractivity contribution in [1.82, 2.24) is 5.32 Å². The second kappa shape index (κ2) is 5.76. The summed E-state index contributed by atoms with van der Waals surface area (Å²) in [5.74, 6) is -0.190. The Labute approximate surface area is 123 Å². The monoisotopic (exact) mass is 288 g/mol. The largest absolute Gasteiger partial charge is 0.478 e. The minimum atomic E-state index is -0.963. The summed E-state index contributed by atoms with van der Waals surface area (Å²) in [5, 5.41) is 12.0. The summed E-state index contributed by atoms with van der Waals surface area (Å²) in [4.78, 5) is 24.9. The molecule has 1 heterocycles. The maximum atomic E-state index is 12.2.